The molecule has 4 nitrogen and oxygen atoms in total. The van der Waals surface area contributed by atoms with Gasteiger partial charge in [-0.05, 0) is 84.7 Å². The van der Waals surface area contributed by atoms with Crippen molar-refractivity contribution in [1.82, 2.24) is 0 Å². The van der Waals surface area contributed by atoms with Crippen LogP contribution in [0.1, 0.15) is 78.7 Å². The van der Waals surface area contributed by atoms with Gasteiger partial charge in [-0.15, -0.1) is 0 Å². The minimum absolute atomic E-state index is 0.00295. The smallest absolute Gasteiger partial charge is 0.420 e. The Balaban J connectivity index is 1.69. The molecule has 4 rings (SSSR count). The number of carbonyl (C=O) groups is 1. The van der Waals surface area contributed by atoms with E-state index in [0.29, 0.717) is 23.6 Å². The van der Waals surface area contributed by atoms with Gasteiger partial charge < -0.3 is 14.7 Å². The average molecular weight is 520 g/mol. The summed E-state index contributed by atoms with van der Waals surface area (Å²) in [6, 6.07) is 8.34. The highest BCUT2D eigenvalue weighted by Crippen LogP contribution is 2.51. The minimum atomic E-state index is -4.54. The molecule has 0 bridgehead atoms. The summed E-state index contributed by atoms with van der Waals surface area (Å²) in [5.41, 5.74) is -0.318. The summed E-state index contributed by atoms with van der Waals surface area (Å²) in [5, 5.41) is 10.3. The molecule has 37 heavy (non-hydrogen) atoms. The molecule has 0 radical (unpaired) electrons. The predicted molar refractivity (Wildman–Crippen MR) is 141 cm³/mol. The fourth-order valence-electron chi connectivity index (χ4n) is 6.11. The van der Waals surface area contributed by atoms with E-state index in [9.17, 15) is 23.1 Å². The molecule has 0 heterocycles. The largest absolute Gasteiger partial charge is 0.490 e. The molecule has 204 valence electrons. The summed E-state index contributed by atoms with van der Waals surface area (Å²) in [4.78, 5) is 13.9. The van der Waals surface area contributed by atoms with Crippen molar-refractivity contribution in [2.75, 3.05) is 11.4 Å². The highest BCUT2D eigenvalue weighted by molar-refractivity contribution is 5.91. The second kappa shape index (κ2) is 10.4. The monoisotopic (exact) mass is 519 g/mol. The Morgan fingerprint density at radius 1 is 1.14 bits per heavy atom. The lowest BCUT2D eigenvalue weighted by atomic mass is 9.58. The van der Waals surface area contributed by atoms with Crippen molar-refractivity contribution in [3.05, 3.63) is 35.9 Å². The Hall–Kier alpha value is -2.44. The number of fused-ring (bicyclic) bond motifs is 1. The van der Waals surface area contributed by atoms with Crippen molar-refractivity contribution in [1.29, 1.82) is 0 Å². The number of nitrogens with zero attached hydrogens (tertiary/aromatic N) is 1. The third-order valence-electron chi connectivity index (χ3n) is 8.67. The fraction of sp³-hybridized carbons (Fsp3) is 0.633. The molecular weight excluding hydrogens is 479 g/mol. The number of hydrogen-bond acceptors (Lipinski definition) is 3. The SMILES string of the molecule is CC(C)CCN(c1ccc2c(C(F)(F)F)c(O[C@H]3CC[C@@H](C)CC3)ccc2c1)C1CC(C(=O)O)C1(C)C. The van der Waals surface area contributed by atoms with Crippen molar-refractivity contribution in [3.8, 4) is 5.75 Å². The molecule has 2 aliphatic rings. The Morgan fingerprint density at radius 3 is 2.38 bits per heavy atom. The van der Waals surface area contributed by atoms with Gasteiger partial charge in [0, 0.05) is 18.3 Å². The number of hydrogen-bond donors (Lipinski definition) is 1. The number of rotatable bonds is 8. The summed E-state index contributed by atoms with van der Waals surface area (Å²) in [7, 11) is 0. The quantitative estimate of drug-likeness (QED) is 0.382. The maximum Gasteiger partial charge on any atom is 0.420 e. The zero-order valence-corrected chi connectivity index (χ0v) is 22.6. The number of halogens is 3. The van der Waals surface area contributed by atoms with E-state index in [2.05, 4.69) is 25.7 Å². The summed E-state index contributed by atoms with van der Waals surface area (Å²) in [5.74, 6) is -0.284. The molecule has 2 aliphatic carbocycles. The van der Waals surface area contributed by atoms with E-state index in [1.807, 2.05) is 19.9 Å². The van der Waals surface area contributed by atoms with E-state index >= 15 is 0 Å². The molecule has 0 saturated heterocycles. The molecule has 1 N–H and O–H groups in total. The van der Waals surface area contributed by atoms with Crippen LogP contribution in [-0.2, 0) is 11.0 Å². The van der Waals surface area contributed by atoms with E-state index in [0.717, 1.165) is 44.3 Å². The van der Waals surface area contributed by atoms with Crippen molar-refractivity contribution in [2.45, 2.75) is 91.5 Å². The molecule has 0 spiro atoms. The highest BCUT2D eigenvalue weighted by Gasteiger charge is 2.54. The molecule has 2 aromatic carbocycles. The van der Waals surface area contributed by atoms with Crippen LogP contribution in [0.25, 0.3) is 10.8 Å². The molecule has 2 unspecified atom stereocenters. The molecule has 0 aliphatic heterocycles. The first-order valence-electron chi connectivity index (χ1n) is 13.6. The fourth-order valence-corrected chi connectivity index (χ4v) is 6.11. The molecule has 0 aromatic heterocycles. The molecule has 0 amide bonds. The summed E-state index contributed by atoms with van der Waals surface area (Å²) < 4.78 is 48.9. The number of anilines is 1. The van der Waals surface area contributed by atoms with Gasteiger partial charge in [0.05, 0.1) is 12.0 Å². The van der Waals surface area contributed by atoms with Gasteiger partial charge in [-0.3, -0.25) is 4.79 Å². The van der Waals surface area contributed by atoms with Crippen LogP contribution in [0.2, 0.25) is 0 Å². The Bertz CT molecular complexity index is 1120. The predicted octanol–water partition coefficient (Wildman–Crippen LogP) is 8.17. The average Bonchev–Trinajstić information content (AvgIpc) is 2.80. The van der Waals surface area contributed by atoms with E-state index < -0.39 is 29.0 Å². The van der Waals surface area contributed by atoms with Gasteiger partial charge in [0.25, 0.3) is 0 Å². The van der Waals surface area contributed by atoms with Gasteiger partial charge in [-0.1, -0.05) is 46.8 Å². The first kappa shape index (κ1) is 27.6. The Morgan fingerprint density at radius 2 is 1.81 bits per heavy atom. The first-order valence-corrected chi connectivity index (χ1v) is 13.6. The maximum absolute atomic E-state index is 14.3. The van der Waals surface area contributed by atoms with Crippen LogP contribution < -0.4 is 9.64 Å². The first-order chi connectivity index (χ1) is 17.3. The number of alkyl halides is 3. The highest BCUT2D eigenvalue weighted by atomic mass is 19.4. The molecular formula is C30H40F3NO3. The van der Waals surface area contributed by atoms with Crippen LogP contribution in [0.5, 0.6) is 5.75 Å². The molecule has 7 heteroatoms. The summed E-state index contributed by atoms with van der Waals surface area (Å²) >= 11 is 0. The number of aliphatic carboxylic acids is 1. The summed E-state index contributed by atoms with van der Waals surface area (Å²) in [6.07, 6.45) is 0.181. The lowest BCUT2D eigenvalue weighted by Crippen LogP contribution is -2.61. The van der Waals surface area contributed by atoms with Gasteiger partial charge in [0.2, 0.25) is 0 Å². The van der Waals surface area contributed by atoms with Gasteiger partial charge in [-0.25, -0.2) is 0 Å². The molecule has 2 saturated carbocycles. The number of carboxylic acids is 1. The van der Waals surface area contributed by atoms with Crippen molar-refractivity contribution in [3.63, 3.8) is 0 Å². The van der Waals surface area contributed by atoms with Gasteiger partial charge in [0.1, 0.15) is 11.3 Å². The van der Waals surface area contributed by atoms with Crippen molar-refractivity contribution in [2.24, 2.45) is 23.2 Å². The van der Waals surface area contributed by atoms with Gasteiger partial charge in [0.15, 0.2) is 0 Å². The van der Waals surface area contributed by atoms with E-state index in [1.165, 1.54) is 6.07 Å². The topological polar surface area (TPSA) is 49.8 Å². The molecule has 2 fully saturated rings. The van der Waals surface area contributed by atoms with Crippen LogP contribution in [-0.4, -0.2) is 29.8 Å². The minimum Gasteiger partial charge on any atom is -0.490 e. The third kappa shape index (κ3) is 5.70. The van der Waals surface area contributed by atoms with Crippen LogP contribution in [0, 0.1) is 23.2 Å². The van der Waals surface area contributed by atoms with Gasteiger partial charge in [-0.2, -0.15) is 13.2 Å². The third-order valence-corrected chi connectivity index (χ3v) is 8.67. The van der Waals surface area contributed by atoms with Gasteiger partial charge >= 0.3 is 12.1 Å². The standard InChI is InChI=1S/C30H40F3NO3/c1-18(2)14-15-34(26-17-24(28(35)36)29(26,4)5)21-9-12-23-20(16-21)8-13-25(27(23)30(31,32)33)37-22-10-6-19(3)7-11-22/h8-9,12-13,16,18-19,22,24,26H,6-7,10-11,14-15,17H2,1-5H3,(H,35,36)/t19-,22+,24?,26?. The molecule has 2 aromatic rings. The second-order valence-corrected chi connectivity index (χ2v) is 12.2. The summed E-state index contributed by atoms with van der Waals surface area (Å²) in [6.45, 7) is 11.1. The lowest BCUT2D eigenvalue weighted by molar-refractivity contribution is -0.154. The number of carboxylic acid groups (broad SMARTS) is 1. The second-order valence-electron chi connectivity index (χ2n) is 12.2. The zero-order valence-electron chi connectivity index (χ0n) is 22.6. The van der Waals surface area contributed by atoms with E-state index in [-0.39, 0.29) is 23.3 Å². The van der Waals surface area contributed by atoms with Crippen LogP contribution in [0.4, 0.5) is 18.9 Å². The van der Waals surface area contributed by atoms with Crippen LogP contribution in [0.3, 0.4) is 0 Å². The van der Waals surface area contributed by atoms with Crippen LogP contribution >= 0.6 is 0 Å². The molecule has 2 atom stereocenters. The van der Waals surface area contributed by atoms with Crippen molar-refractivity contribution >= 4 is 22.4 Å². The lowest BCUT2D eigenvalue weighted by Gasteiger charge is -2.55. The Kier molecular flexibility index (Phi) is 7.74. The van der Waals surface area contributed by atoms with Crippen molar-refractivity contribution < 1.29 is 27.8 Å². The van der Waals surface area contributed by atoms with E-state index in [1.54, 1.807) is 18.2 Å². The Labute approximate surface area is 218 Å². The normalized spacial score (nSPS) is 25.6. The zero-order chi connectivity index (χ0) is 27.1. The van der Waals surface area contributed by atoms with Crippen LogP contribution in [0.15, 0.2) is 30.3 Å². The van der Waals surface area contributed by atoms with E-state index in [4.69, 9.17) is 4.74 Å². The maximum atomic E-state index is 14.3. The number of ether oxygens (including phenoxy) is 1. The number of benzene rings is 2.